The second-order valence-electron chi connectivity index (χ2n) is 3.31. The first-order valence-electron chi connectivity index (χ1n) is 4.53. The van der Waals surface area contributed by atoms with E-state index in [1.165, 1.54) is 6.08 Å². The molecule has 2 rings (SSSR count). The van der Waals surface area contributed by atoms with Crippen molar-refractivity contribution in [2.24, 2.45) is 5.18 Å². The molecule has 15 heavy (non-hydrogen) atoms. The first kappa shape index (κ1) is 9.45. The highest BCUT2D eigenvalue weighted by atomic mass is 16.3. The van der Waals surface area contributed by atoms with Gasteiger partial charge in [-0.15, -0.1) is 4.91 Å². The van der Waals surface area contributed by atoms with Crippen molar-refractivity contribution in [3.63, 3.8) is 0 Å². The maximum Gasteiger partial charge on any atom is 0.148 e. The van der Waals surface area contributed by atoms with Gasteiger partial charge < -0.3 is 10.1 Å². The van der Waals surface area contributed by atoms with Gasteiger partial charge in [-0.05, 0) is 30.3 Å². The predicted molar refractivity (Wildman–Crippen MR) is 59.4 cm³/mol. The van der Waals surface area contributed by atoms with Gasteiger partial charge in [0.25, 0.3) is 0 Å². The molecular formula is C11H10N2O2. The molecule has 0 fully saturated rings. The van der Waals surface area contributed by atoms with E-state index in [9.17, 15) is 10.0 Å². The molecule has 0 bridgehead atoms. The number of H-pyrrole nitrogens is 1. The van der Waals surface area contributed by atoms with Crippen LogP contribution in [0.2, 0.25) is 0 Å². The number of aromatic amines is 1. The van der Waals surface area contributed by atoms with E-state index in [1.54, 1.807) is 6.92 Å². The maximum absolute atomic E-state index is 10.2. The number of hydrogen-bond donors (Lipinski definition) is 2. The van der Waals surface area contributed by atoms with Gasteiger partial charge in [0.15, 0.2) is 0 Å². The molecular weight excluding hydrogens is 192 g/mol. The Labute approximate surface area is 86.2 Å². The number of fused-ring (bicyclic) bond motifs is 1. The Hall–Kier alpha value is -2.10. The van der Waals surface area contributed by atoms with Gasteiger partial charge in [-0.3, -0.25) is 0 Å². The number of para-hydroxylation sites is 1. The molecule has 0 spiro atoms. The van der Waals surface area contributed by atoms with E-state index in [0.717, 1.165) is 10.9 Å². The van der Waals surface area contributed by atoms with E-state index in [1.807, 2.05) is 24.3 Å². The van der Waals surface area contributed by atoms with Crippen LogP contribution in [0.4, 0.5) is 0 Å². The minimum Gasteiger partial charge on any atom is -0.505 e. The van der Waals surface area contributed by atoms with E-state index in [0.29, 0.717) is 11.4 Å². The van der Waals surface area contributed by atoms with E-state index < -0.39 is 0 Å². The van der Waals surface area contributed by atoms with Crippen LogP contribution in [0.15, 0.2) is 35.1 Å². The van der Waals surface area contributed by atoms with Crippen molar-refractivity contribution in [1.82, 2.24) is 4.98 Å². The molecule has 1 aromatic heterocycles. The van der Waals surface area contributed by atoms with Gasteiger partial charge in [-0.1, -0.05) is 12.1 Å². The zero-order chi connectivity index (χ0) is 10.8. The van der Waals surface area contributed by atoms with Crippen LogP contribution in [-0.2, 0) is 0 Å². The lowest BCUT2D eigenvalue weighted by Crippen LogP contribution is -1.73. The van der Waals surface area contributed by atoms with Crippen LogP contribution in [0.1, 0.15) is 12.6 Å². The van der Waals surface area contributed by atoms with Gasteiger partial charge in [0.05, 0.1) is 11.4 Å². The molecule has 0 radical (unpaired) electrons. The summed E-state index contributed by atoms with van der Waals surface area (Å²) in [5.74, 6) is 0.147. The molecule has 0 aliphatic rings. The van der Waals surface area contributed by atoms with Crippen molar-refractivity contribution in [2.45, 2.75) is 6.92 Å². The Morgan fingerprint density at radius 3 is 2.87 bits per heavy atom. The summed E-state index contributed by atoms with van der Waals surface area (Å²) in [6.45, 7) is 1.58. The number of allylic oxidation sites excluding steroid dienone is 1. The van der Waals surface area contributed by atoms with Crippen molar-refractivity contribution >= 4 is 17.0 Å². The summed E-state index contributed by atoms with van der Waals surface area (Å²) >= 11 is 0. The van der Waals surface area contributed by atoms with Crippen molar-refractivity contribution in [3.05, 3.63) is 40.6 Å². The van der Waals surface area contributed by atoms with E-state index in [-0.39, 0.29) is 5.75 Å². The Morgan fingerprint density at radius 2 is 2.20 bits per heavy atom. The lowest BCUT2D eigenvalue weighted by Gasteiger charge is -1.90. The molecule has 76 valence electrons. The van der Waals surface area contributed by atoms with Crippen molar-refractivity contribution in [2.75, 3.05) is 0 Å². The molecule has 0 atom stereocenters. The summed E-state index contributed by atoms with van der Waals surface area (Å²) in [5.41, 5.74) is 1.66. The second-order valence-corrected chi connectivity index (χ2v) is 3.31. The second kappa shape index (κ2) is 3.57. The summed E-state index contributed by atoms with van der Waals surface area (Å²) in [7, 11) is 0. The van der Waals surface area contributed by atoms with Gasteiger partial charge in [0.1, 0.15) is 5.75 Å². The first-order valence-corrected chi connectivity index (χ1v) is 4.53. The third-order valence-electron chi connectivity index (χ3n) is 2.20. The first-order chi connectivity index (χ1) is 7.22. The number of rotatable bonds is 2. The zero-order valence-electron chi connectivity index (χ0n) is 8.19. The largest absolute Gasteiger partial charge is 0.505 e. The summed E-state index contributed by atoms with van der Waals surface area (Å²) in [4.78, 5) is 13.2. The molecule has 1 aromatic carbocycles. The molecule has 2 aromatic rings. The highest BCUT2D eigenvalue weighted by Crippen LogP contribution is 2.29. The van der Waals surface area contributed by atoms with Crippen molar-refractivity contribution in [1.29, 1.82) is 0 Å². The monoisotopic (exact) mass is 202 g/mol. The lowest BCUT2D eigenvalue weighted by atomic mass is 10.2. The Bertz CT molecular complexity index is 541. The number of aromatic nitrogens is 1. The van der Waals surface area contributed by atoms with Crippen LogP contribution in [-0.4, -0.2) is 10.1 Å². The standard InChI is InChI=1S/C11H10N2O2/c1-7(13-15)6-10-11(14)8-4-2-3-5-9(8)12-10/h2-6,12,14H,1H3/b7-6+. The summed E-state index contributed by atoms with van der Waals surface area (Å²) in [5, 5.41) is 13.3. The molecule has 1 heterocycles. The third-order valence-corrected chi connectivity index (χ3v) is 2.20. The van der Waals surface area contributed by atoms with E-state index in [2.05, 4.69) is 10.2 Å². The maximum atomic E-state index is 10.2. The zero-order valence-corrected chi connectivity index (χ0v) is 8.19. The lowest BCUT2D eigenvalue weighted by molar-refractivity contribution is 0.480. The van der Waals surface area contributed by atoms with Gasteiger partial charge in [0, 0.05) is 10.9 Å². The van der Waals surface area contributed by atoms with E-state index >= 15 is 0 Å². The number of hydrogen-bond acceptors (Lipinski definition) is 3. The number of nitroso groups, excluding NO2 is 1. The fraction of sp³-hybridized carbons (Fsp3) is 0.0909. The van der Waals surface area contributed by atoms with Crippen molar-refractivity contribution < 1.29 is 5.11 Å². The average Bonchev–Trinajstić information content (AvgIpc) is 2.57. The van der Waals surface area contributed by atoms with Crippen LogP contribution in [0, 0.1) is 4.91 Å². The van der Waals surface area contributed by atoms with Gasteiger partial charge in [-0.25, -0.2) is 0 Å². The van der Waals surface area contributed by atoms with Crippen LogP contribution in [0.25, 0.3) is 17.0 Å². The quantitative estimate of drug-likeness (QED) is 0.735. The smallest absolute Gasteiger partial charge is 0.148 e. The Kier molecular flexibility index (Phi) is 2.25. The molecule has 0 saturated heterocycles. The van der Waals surface area contributed by atoms with Crippen LogP contribution >= 0.6 is 0 Å². The fourth-order valence-corrected chi connectivity index (χ4v) is 1.49. The molecule has 0 aliphatic heterocycles. The van der Waals surface area contributed by atoms with Gasteiger partial charge >= 0.3 is 0 Å². The highest BCUT2D eigenvalue weighted by Gasteiger charge is 2.07. The van der Waals surface area contributed by atoms with Crippen LogP contribution in [0.3, 0.4) is 0 Å². The highest BCUT2D eigenvalue weighted by molar-refractivity contribution is 5.90. The Morgan fingerprint density at radius 1 is 1.47 bits per heavy atom. The number of aromatic hydroxyl groups is 1. The summed E-state index contributed by atoms with van der Waals surface area (Å²) < 4.78 is 0. The average molecular weight is 202 g/mol. The topological polar surface area (TPSA) is 65.4 Å². The Balaban J connectivity index is 2.63. The number of nitrogens with zero attached hydrogens (tertiary/aromatic N) is 1. The molecule has 4 heteroatoms. The van der Waals surface area contributed by atoms with Crippen molar-refractivity contribution in [3.8, 4) is 5.75 Å². The van der Waals surface area contributed by atoms with Crippen LogP contribution in [0.5, 0.6) is 5.75 Å². The fourth-order valence-electron chi connectivity index (χ4n) is 1.49. The molecule has 2 N–H and O–H groups in total. The minimum absolute atomic E-state index is 0.147. The number of benzene rings is 1. The summed E-state index contributed by atoms with van der Waals surface area (Å²) in [6, 6.07) is 7.38. The predicted octanol–water partition coefficient (Wildman–Crippen LogP) is 3.00. The van der Waals surface area contributed by atoms with Gasteiger partial charge in [0.2, 0.25) is 0 Å². The summed E-state index contributed by atoms with van der Waals surface area (Å²) in [6.07, 6.45) is 1.52. The normalized spacial score (nSPS) is 11.9. The van der Waals surface area contributed by atoms with Crippen LogP contribution < -0.4 is 0 Å². The SMILES string of the molecule is C/C(=C\c1[nH]c2ccccc2c1O)N=O. The van der Waals surface area contributed by atoms with E-state index in [4.69, 9.17) is 0 Å². The van der Waals surface area contributed by atoms with Gasteiger partial charge in [-0.2, -0.15) is 0 Å². The molecule has 0 saturated carbocycles. The molecule has 0 amide bonds. The molecule has 0 aliphatic carbocycles. The minimum atomic E-state index is 0.147. The third kappa shape index (κ3) is 1.61. The molecule has 4 nitrogen and oxygen atoms in total. The number of nitrogens with one attached hydrogen (secondary N) is 1. The molecule has 0 unspecified atom stereocenters.